The van der Waals surface area contributed by atoms with Crippen LogP contribution in [0.4, 0.5) is 0 Å². The van der Waals surface area contributed by atoms with Crippen LogP contribution in [0.15, 0.2) is 161 Å². The minimum Gasteiger partial charge on any atom is -0.390 e. The molecular weight excluding hydrogens is 1820 g/mol. The monoisotopic (exact) mass is 2020 g/mol. The van der Waals surface area contributed by atoms with Gasteiger partial charge in [0.2, 0.25) is 0 Å². The van der Waals surface area contributed by atoms with Crippen molar-refractivity contribution >= 4 is 59.8 Å². The molecular formula is C130H200BrO9P. The molecule has 20 aliphatic carbocycles. The van der Waals surface area contributed by atoms with Crippen molar-refractivity contribution in [2.45, 2.75) is 447 Å². The molecule has 0 bridgehead atoms. The number of benzene rings is 3. The van der Waals surface area contributed by atoms with Gasteiger partial charge in [-0.25, -0.2) is 0 Å². The number of rotatable bonds is 6. The molecule has 0 amide bonds. The SMILES string of the molecule is C.C.C.C.C.C/C=C1/CC[C@H]2[C@@H]3CC[C@H]4C[C@](C)(O)CC[C@]4(C)C3=CC[C@]12C.CC(=O)[C@H]1CC[C@H]2[C@@H]3CC[C@H]4C[C@](C)(O)CC[C@]4(C)C3=CC[C@]12C.CC(O)[C@H]1CC[C@H]2[C@@H]3CC[C@H]4C[C@](C)(O)CC[C@]4(C)C3=CC[C@]12C.CCP(Br)(c1ccccc1)(c1ccccc1)c1ccccc1.C[C@@]1(O)CC[C@]2(C)C3=CC[C@]4(C)C(=O)CC[C@H]4[C@@H]3CC[C@H]2C1.C[C@]12CCC(=O)C[C@@H]1CC[C@@H]1C2=CC[C@]2(C)C(=O)CC[C@@H]12. The Kier molecular flexibility index (Phi) is 33.0. The zero-order valence-electron chi connectivity index (χ0n) is 87.7. The average molecular weight is 2020 g/mol. The molecule has 15 saturated carbocycles. The van der Waals surface area contributed by atoms with Crippen molar-refractivity contribution in [3.05, 3.63) is 161 Å². The van der Waals surface area contributed by atoms with Gasteiger partial charge in [-0.05, 0) is 418 Å². The Labute approximate surface area is 867 Å². The summed E-state index contributed by atoms with van der Waals surface area (Å²) in [6, 6.07) is 32.7. The van der Waals surface area contributed by atoms with Crippen molar-refractivity contribution in [3.8, 4) is 0 Å². The first-order chi connectivity index (χ1) is 64.1. The van der Waals surface area contributed by atoms with Crippen molar-refractivity contribution in [2.24, 2.45) is 155 Å². The van der Waals surface area contributed by atoms with Crippen LogP contribution in [-0.4, -0.2) is 83.3 Å². The molecule has 23 rings (SSSR count). The molecule has 3 aromatic rings. The molecule has 0 spiro atoms. The van der Waals surface area contributed by atoms with Crippen molar-refractivity contribution in [1.29, 1.82) is 0 Å². The zero-order chi connectivity index (χ0) is 97.2. The number of carbonyl (C=O) groups is 4. The number of Topliss-reactive ketones (excluding diaryl/α,β-unsaturated/α-hetero) is 4. The van der Waals surface area contributed by atoms with Crippen LogP contribution in [0.3, 0.4) is 0 Å². The van der Waals surface area contributed by atoms with E-state index in [2.05, 4.69) is 233 Å². The maximum absolute atomic E-state index is 12.4. The Hall–Kier alpha value is -4.51. The molecule has 0 heterocycles. The fourth-order valence-electron chi connectivity index (χ4n) is 37.7. The van der Waals surface area contributed by atoms with E-state index in [0.29, 0.717) is 121 Å². The number of halogens is 1. The molecule has 9 nitrogen and oxygen atoms in total. The number of ketones is 4. The summed E-state index contributed by atoms with van der Waals surface area (Å²) in [6.45, 7) is 40.6. The fraction of sp³-hybridized carbons (Fsp3) is 0.738. The summed E-state index contributed by atoms with van der Waals surface area (Å²) in [7, 11) is 0. The zero-order valence-corrected chi connectivity index (χ0v) is 90.2. The first-order valence-corrected chi connectivity index (χ1v) is 60.2. The van der Waals surface area contributed by atoms with E-state index in [0.717, 1.165) is 178 Å². The van der Waals surface area contributed by atoms with Crippen molar-refractivity contribution in [1.82, 2.24) is 0 Å². The summed E-state index contributed by atoms with van der Waals surface area (Å²) in [5.74, 6) is 12.8. The number of aliphatic hydroxyl groups excluding tert-OH is 1. The van der Waals surface area contributed by atoms with E-state index >= 15 is 0 Å². The van der Waals surface area contributed by atoms with Gasteiger partial charge >= 0.3 is 141 Å². The molecule has 3 aromatic carbocycles. The number of fused-ring (bicyclic) bond motifs is 25. The molecule has 0 radical (unpaired) electrons. The van der Waals surface area contributed by atoms with Gasteiger partial charge in [-0.1, -0.05) is 176 Å². The predicted molar refractivity (Wildman–Crippen MR) is 597 cm³/mol. The van der Waals surface area contributed by atoms with E-state index in [1.165, 1.54) is 125 Å². The summed E-state index contributed by atoms with van der Waals surface area (Å²) in [6.07, 6.45) is 60.2. The van der Waals surface area contributed by atoms with Crippen LogP contribution in [-0.2, 0) is 19.2 Å². The predicted octanol–water partition coefficient (Wildman–Crippen LogP) is 31.6. The molecule has 32 atom stereocenters. The van der Waals surface area contributed by atoms with Gasteiger partial charge in [0.05, 0.1) is 28.5 Å². The third kappa shape index (κ3) is 19.1. The minimum atomic E-state index is -2.59. The van der Waals surface area contributed by atoms with Crippen molar-refractivity contribution in [2.75, 3.05) is 6.16 Å². The summed E-state index contributed by atoms with van der Waals surface area (Å²) in [5, 5.41) is 54.0. The van der Waals surface area contributed by atoms with Crippen molar-refractivity contribution < 1.29 is 44.7 Å². The second kappa shape index (κ2) is 41.0. The summed E-state index contributed by atoms with van der Waals surface area (Å²) < 4.78 is 0. The van der Waals surface area contributed by atoms with Crippen molar-refractivity contribution in [3.63, 3.8) is 0 Å². The second-order valence-electron chi connectivity index (χ2n) is 53.6. The van der Waals surface area contributed by atoms with Crippen LogP contribution in [0, 0.1) is 155 Å². The Balaban J connectivity index is 0.000000141. The summed E-state index contributed by atoms with van der Waals surface area (Å²) in [5.41, 5.74) is 10.7. The number of allylic oxidation sites excluding steroid dienone is 12. The van der Waals surface area contributed by atoms with Gasteiger partial charge in [0.15, 0.2) is 0 Å². The van der Waals surface area contributed by atoms with Gasteiger partial charge in [-0.3, -0.25) is 19.2 Å². The standard InChI is InChI=1S/C22H36O2.C22H34O2.C22H34O.C20H20BrP.C20H30O2.C19H26O2.5CH4/c2*1-14(23)17-7-8-18-16-6-5-15-13-20(2,24)11-12-21(15,3)19(16)9-10-22(17,18)4;1-5-15-7-9-18-17-8-6-16-14-20(2,23)12-13-22(16,4)19(17)10-11-21(15,18)3;1-2-22(21,18-12-6-3-7-13-18,19-14-8-4-9-15-19)20-16-10-5-11-17-20;1-18(22)10-11-19(2)13(12-18)4-5-14-15-6-7-17(21)20(15,3)9-8-16(14)19;1-18-9-7-13(20)11-12(18)3-4-14-15-5-6-17(21)19(15,2)10-8-16(14)18;;;;;/h9,14-18,23-24H,5-8,10-13H2,1-4H3;9,15-18,24H,5-8,10-13H2,1-4H3;5,10,16-18,23H,6-9,11-14H2,1-4H3;3-17H,2H2,1H3;8,13-15,22H,4-7,9-12H2,1-3H3;8,12,14-15H,3-7,9-11H2,1-2H3;5*1H4/b;;15-5-;;;;;;;;/t14?,15-,16-,17+,18-,20+,21-,22+;15-,16-,17+,18-,20+,21-,22+;16-,17-,18-,20+,21+,22-;;13-,14-,15-,18+,19-,20-;12-,14-,15-,18-,19-;;;;;/m000.00...../s1. The minimum absolute atomic E-state index is 0. The van der Waals surface area contributed by atoms with Gasteiger partial charge in [0.1, 0.15) is 23.1 Å². The van der Waals surface area contributed by atoms with Crippen LogP contribution in [0.1, 0.15) is 419 Å². The molecule has 0 saturated heterocycles. The third-order valence-electron chi connectivity index (χ3n) is 46.3. The molecule has 786 valence electrons. The molecule has 11 heteroatoms. The maximum Gasteiger partial charge on any atom is 0.139 e. The smallest absolute Gasteiger partial charge is 0.139 e. The van der Waals surface area contributed by atoms with Crippen LogP contribution in [0.5, 0.6) is 0 Å². The normalized spacial score (nSPS) is 45.2. The molecule has 5 N–H and O–H groups in total. The van der Waals surface area contributed by atoms with Crippen LogP contribution in [0.2, 0.25) is 0 Å². The van der Waals surface area contributed by atoms with E-state index in [1.807, 2.05) is 27.7 Å². The van der Waals surface area contributed by atoms with E-state index in [9.17, 15) is 44.7 Å². The molecule has 0 aliphatic heterocycles. The molecule has 15 fully saturated rings. The van der Waals surface area contributed by atoms with Gasteiger partial charge in [-0.15, -0.1) is 0 Å². The quantitative estimate of drug-likeness (QED) is 0.119. The van der Waals surface area contributed by atoms with E-state index in [4.69, 9.17) is 0 Å². The maximum atomic E-state index is 12.4. The topological polar surface area (TPSA) is 169 Å². The van der Waals surface area contributed by atoms with E-state index in [1.54, 1.807) is 40.4 Å². The van der Waals surface area contributed by atoms with Gasteiger partial charge < -0.3 is 25.5 Å². The molecule has 0 aromatic heterocycles. The number of hydrogen-bond acceptors (Lipinski definition) is 9. The number of aliphatic hydroxyl groups is 5. The molecule has 141 heavy (non-hydrogen) atoms. The molecule has 1 unspecified atom stereocenters. The second-order valence-corrected chi connectivity index (χ2v) is 62.8. The Morgan fingerprint density at radius 1 is 0.369 bits per heavy atom. The van der Waals surface area contributed by atoms with Gasteiger partial charge in [0.25, 0.3) is 0 Å². The number of hydrogen-bond donors (Lipinski definition) is 5. The van der Waals surface area contributed by atoms with Crippen LogP contribution in [0.25, 0.3) is 0 Å². The Bertz CT molecular complexity index is 5080. The van der Waals surface area contributed by atoms with E-state index < -0.39 is 27.7 Å². The first kappa shape index (κ1) is 114. The van der Waals surface area contributed by atoms with Crippen LogP contribution >= 0.6 is 20.8 Å². The summed E-state index contributed by atoms with van der Waals surface area (Å²) in [4.78, 5) is 48.7. The largest absolute Gasteiger partial charge is 0.390 e. The van der Waals surface area contributed by atoms with E-state index in [-0.39, 0.29) is 76.2 Å². The molecule has 20 aliphatic rings. The average Bonchev–Trinajstić information content (AvgIpc) is 1.36. The Morgan fingerprint density at radius 2 is 0.674 bits per heavy atom. The first-order valence-electron chi connectivity index (χ1n) is 55.8. The summed E-state index contributed by atoms with van der Waals surface area (Å²) >= 11 is 4.35. The number of carbonyl (C=O) groups excluding carboxylic acids is 4. The van der Waals surface area contributed by atoms with Gasteiger partial charge in [0, 0.05) is 42.4 Å². The van der Waals surface area contributed by atoms with Gasteiger partial charge in [-0.2, -0.15) is 0 Å². The van der Waals surface area contributed by atoms with Crippen LogP contribution < -0.4 is 15.9 Å². The fourth-order valence-corrected chi connectivity index (χ4v) is 44.2. The third-order valence-corrected chi connectivity index (χ3v) is 56.8. The Morgan fingerprint density at radius 3 is 1.02 bits per heavy atom.